The van der Waals surface area contributed by atoms with Gasteiger partial charge in [0.05, 0.1) is 0 Å². The standard InChI is InChI=1S/C14H15BrN2O/c1-9-7-12(5-6-13(9)15)18-14-11(8-16)4-3-10(2)17-14/h3-7H,8,16H2,1-2H3. The number of pyridine rings is 1. The predicted molar refractivity (Wildman–Crippen MR) is 75.8 cm³/mol. The van der Waals surface area contributed by atoms with E-state index in [-0.39, 0.29) is 0 Å². The van der Waals surface area contributed by atoms with Crippen LogP contribution in [0.3, 0.4) is 0 Å². The first-order valence-electron chi connectivity index (χ1n) is 5.70. The molecule has 2 rings (SSSR count). The van der Waals surface area contributed by atoms with Crippen molar-refractivity contribution < 1.29 is 4.74 Å². The summed E-state index contributed by atoms with van der Waals surface area (Å²) in [6.07, 6.45) is 0. The molecule has 0 aliphatic rings. The fourth-order valence-corrected chi connectivity index (χ4v) is 1.84. The molecule has 18 heavy (non-hydrogen) atoms. The minimum atomic E-state index is 0.415. The fraction of sp³-hybridized carbons (Fsp3) is 0.214. The highest BCUT2D eigenvalue weighted by atomic mass is 79.9. The molecule has 3 nitrogen and oxygen atoms in total. The molecule has 4 heteroatoms. The largest absolute Gasteiger partial charge is 0.439 e. The van der Waals surface area contributed by atoms with Gasteiger partial charge in [-0.15, -0.1) is 0 Å². The van der Waals surface area contributed by atoms with E-state index in [0.717, 1.165) is 27.0 Å². The van der Waals surface area contributed by atoms with Crippen LogP contribution in [0.25, 0.3) is 0 Å². The smallest absolute Gasteiger partial charge is 0.223 e. The maximum Gasteiger partial charge on any atom is 0.223 e. The van der Waals surface area contributed by atoms with Crippen LogP contribution in [0, 0.1) is 13.8 Å². The topological polar surface area (TPSA) is 48.1 Å². The van der Waals surface area contributed by atoms with Gasteiger partial charge >= 0.3 is 0 Å². The molecule has 0 aliphatic carbocycles. The van der Waals surface area contributed by atoms with Crippen LogP contribution in [0.2, 0.25) is 0 Å². The fourth-order valence-electron chi connectivity index (χ4n) is 1.60. The molecule has 0 saturated carbocycles. The van der Waals surface area contributed by atoms with E-state index in [1.807, 2.05) is 44.2 Å². The molecule has 0 amide bonds. The SMILES string of the molecule is Cc1ccc(CN)c(Oc2ccc(Br)c(C)c2)n1. The van der Waals surface area contributed by atoms with E-state index in [1.165, 1.54) is 0 Å². The summed E-state index contributed by atoms with van der Waals surface area (Å²) in [5.74, 6) is 1.35. The van der Waals surface area contributed by atoms with Crippen LogP contribution in [0.1, 0.15) is 16.8 Å². The first-order chi connectivity index (χ1) is 8.60. The van der Waals surface area contributed by atoms with E-state index < -0.39 is 0 Å². The summed E-state index contributed by atoms with van der Waals surface area (Å²) in [7, 11) is 0. The zero-order chi connectivity index (χ0) is 13.1. The molecule has 0 aliphatic heterocycles. The summed E-state index contributed by atoms with van der Waals surface area (Å²) in [6.45, 7) is 4.36. The Balaban J connectivity index is 2.33. The number of halogens is 1. The normalized spacial score (nSPS) is 10.4. The van der Waals surface area contributed by atoms with Gasteiger partial charge in [0, 0.05) is 22.3 Å². The predicted octanol–water partition coefficient (Wildman–Crippen LogP) is 3.71. The molecule has 1 aromatic carbocycles. The molecule has 1 aromatic heterocycles. The summed E-state index contributed by atoms with van der Waals surface area (Å²) >= 11 is 3.46. The Hall–Kier alpha value is -1.39. The molecule has 0 atom stereocenters. The quantitative estimate of drug-likeness (QED) is 0.940. The summed E-state index contributed by atoms with van der Waals surface area (Å²) in [5, 5.41) is 0. The molecule has 0 fully saturated rings. The lowest BCUT2D eigenvalue weighted by atomic mass is 10.2. The Morgan fingerprint density at radius 1 is 1.22 bits per heavy atom. The van der Waals surface area contributed by atoms with Gasteiger partial charge in [-0.3, -0.25) is 0 Å². The van der Waals surface area contributed by atoms with Crippen molar-refractivity contribution in [2.45, 2.75) is 20.4 Å². The Labute approximate surface area is 115 Å². The molecule has 1 heterocycles. The molecule has 2 N–H and O–H groups in total. The molecular weight excluding hydrogens is 292 g/mol. The zero-order valence-corrected chi connectivity index (χ0v) is 12.0. The highest BCUT2D eigenvalue weighted by Gasteiger charge is 2.07. The molecule has 94 valence electrons. The molecule has 0 saturated heterocycles. The first kappa shape index (κ1) is 13.1. The summed E-state index contributed by atoms with van der Waals surface area (Å²) < 4.78 is 6.87. The lowest BCUT2D eigenvalue weighted by Crippen LogP contribution is -2.02. The third kappa shape index (κ3) is 2.89. The lowest BCUT2D eigenvalue weighted by Gasteiger charge is -2.10. The monoisotopic (exact) mass is 306 g/mol. The van der Waals surface area contributed by atoms with Gasteiger partial charge in [-0.25, -0.2) is 4.98 Å². The highest BCUT2D eigenvalue weighted by molar-refractivity contribution is 9.10. The summed E-state index contributed by atoms with van der Waals surface area (Å²) in [4.78, 5) is 4.38. The minimum absolute atomic E-state index is 0.415. The second-order valence-electron chi connectivity index (χ2n) is 4.13. The first-order valence-corrected chi connectivity index (χ1v) is 6.50. The van der Waals surface area contributed by atoms with Crippen molar-refractivity contribution in [2.24, 2.45) is 5.73 Å². The third-order valence-corrected chi connectivity index (χ3v) is 3.53. The van der Waals surface area contributed by atoms with E-state index in [9.17, 15) is 0 Å². The molecular formula is C14H15BrN2O. The van der Waals surface area contributed by atoms with Gasteiger partial charge in [-0.05, 0) is 43.7 Å². The molecule has 0 spiro atoms. The maximum atomic E-state index is 5.81. The number of rotatable bonds is 3. The Kier molecular flexibility index (Phi) is 3.99. The Morgan fingerprint density at radius 3 is 2.67 bits per heavy atom. The second-order valence-corrected chi connectivity index (χ2v) is 4.99. The van der Waals surface area contributed by atoms with Crippen molar-refractivity contribution in [3.63, 3.8) is 0 Å². The van der Waals surface area contributed by atoms with Crippen LogP contribution >= 0.6 is 15.9 Å². The number of hydrogen-bond acceptors (Lipinski definition) is 3. The Morgan fingerprint density at radius 2 is 2.00 bits per heavy atom. The van der Waals surface area contributed by atoms with Crippen LogP contribution in [0.5, 0.6) is 11.6 Å². The van der Waals surface area contributed by atoms with E-state index in [2.05, 4.69) is 20.9 Å². The number of ether oxygens (including phenoxy) is 1. The molecule has 2 aromatic rings. The third-order valence-electron chi connectivity index (χ3n) is 2.64. The summed E-state index contributed by atoms with van der Waals surface area (Å²) in [6, 6.07) is 9.71. The minimum Gasteiger partial charge on any atom is -0.439 e. The Bertz CT molecular complexity index is 570. The maximum absolute atomic E-state index is 5.81. The van der Waals surface area contributed by atoms with Crippen molar-refractivity contribution in [3.8, 4) is 11.6 Å². The molecule has 0 bridgehead atoms. The number of benzene rings is 1. The van der Waals surface area contributed by atoms with Crippen molar-refractivity contribution in [1.82, 2.24) is 4.98 Å². The number of aromatic nitrogens is 1. The van der Waals surface area contributed by atoms with Crippen LogP contribution in [0.15, 0.2) is 34.8 Å². The average molecular weight is 307 g/mol. The van der Waals surface area contributed by atoms with Gasteiger partial charge in [0.2, 0.25) is 5.88 Å². The second kappa shape index (κ2) is 5.50. The van der Waals surface area contributed by atoms with E-state index in [1.54, 1.807) is 0 Å². The van der Waals surface area contributed by atoms with Crippen molar-refractivity contribution in [2.75, 3.05) is 0 Å². The van der Waals surface area contributed by atoms with Crippen LogP contribution in [0.4, 0.5) is 0 Å². The van der Waals surface area contributed by atoms with Crippen LogP contribution in [-0.4, -0.2) is 4.98 Å². The van der Waals surface area contributed by atoms with E-state index >= 15 is 0 Å². The lowest BCUT2D eigenvalue weighted by molar-refractivity contribution is 0.454. The number of hydrogen-bond donors (Lipinski definition) is 1. The van der Waals surface area contributed by atoms with Crippen molar-refractivity contribution in [1.29, 1.82) is 0 Å². The van der Waals surface area contributed by atoms with Gasteiger partial charge in [0.1, 0.15) is 5.75 Å². The zero-order valence-electron chi connectivity index (χ0n) is 10.4. The molecule has 0 unspecified atom stereocenters. The number of aryl methyl sites for hydroxylation is 2. The van der Waals surface area contributed by atoms with Crippen LogP contribution in [-0.2, 0) is 6.54 Å². The molecule has 0 radical (unpaired) electrons. The van der Waals surface area contributed by atoms with Gasteiger partial charge < -0.3 is 10.5 Å². The van der Waals surface area contributed by atoms with Crippen LogP contribution < -0.4 is 10.5 Å². The number of nitrogens with zero attached hydrogens (tertiary/aromatic N) is 1. The van der Waals surface area contributed by atoms with E-state index in [4.69, 9.17) is 10.5 Å². The van der Waals surface area contributed by atoms with Gasteiger partial charge in [0.15, 0.2) is 0 Å². The average Bonchev–Trinajstić information content (AvgIpc) is 2.34. The van der Waals surface area contributed by atoms with Crippen molar-refractivity contribution >= 4 is 15.9 Å². The van der Waals surface area contributed by atoms with Gasteiger partial charge in [-0.2, -0.15) is 0 Å². The van der Waals surface area contributed by atoms with Crippen molar-refractivity contribution in [3.05, 3.63) is 51.6 Å². The van der Waals surface area contributed by atoms with E-state index in [0.29, 0.717) is 12.4 Å². The van der Waals surface area contributed by atoms with Gasteiger partial charge in [0.25, 0.3) is 0 Å². The summed E-state index contributed by atoms with van der Waals surface area (Å²) in [5.41, 5.74) is 8.62. The number of nitrogens with two attached hydrogens (primary N) is 1. The van der Waals surface area contributed by atoms with Gasteiger partial charge in [-0.1, -0.05) is 22.0 Å². The highest BCUT2D eigenvalue weighted by Crippen LogP contribution is 2.27.